The lowest BCUT2D eigenvalue weighted by Gasteiger charge is -2.15. The van der Waals surface area contributed by atoms with Gasteiger partial charge in [-0.05, 0) is 0 Å². The minimum Gasteiger partial charge on any atom is -0.360 e. The van der Waals surface area contributed by atoms with Gasteiger partial charge in [0, 0.05) is 11.1 Å². The topological polar surface area (TPSA) is 87.1 Å². The summed E-state index contributed by atoms with van der Waals surface area (Å²) in [5, 5.41) is 17.9. The van der Waals surface area contributed by atoms with E-state index in [4.69, 9.17) is 11.0 Å². The number of aldehydes is 1. The predicted molar refractivity (Wildman–Crippen MR) is 45.5 cm³/mol. The molecule has 0 saturated carbocycles. The zero-order chi connectivity index (χ0) is 9.90. The van der Waals surface area contributed by atoms with Gasteiger partial charge in [0.05, 0.1) is 0 Å². The van der Waals surface area contributed by atoms with Crippen LogP contribution in [0.2, 0.25) is 0 Å². The van der Waals surface area contributed by atoms with Crippen LogP contribution in [0.15, 0.2) is 24.3 Å². The van der Waals surface area contributed by atoms with Gasteiger partial charge in [0.2, 0.25) is 5.72 Å². The highest BCUT2D eigenvalue weighted by Gasteiger charge is 2.25. The normalized spacial score (nSPS) is 14.2. The summed E-state index contributed by atoms with van der Waals surface area (Å²) in [5.41, 5.74) is 3.48. The van der Waals surface area contributed by atoms with Gasteiger partial charge < -0.3 is 5.11 Å². The maximum absolute atomic E-state index is 10.5. The first-order valence-corrected chi connectivity index (χ1v) is 3.59. The van der Waals surface area contributed by atoms with E-state index in [1.807, 2.05) is 0 Å². The Bertz CT molecular complexity index is 366. The first-order valence-electron chi connectivity index (χ1n) is 3.59. The number of benzene rings is 1. The van der Waals surface area contributed by atoms with Crippen LogP contribution in [0.1, 0.15) is 15.9 Å². The minimum atomic E-state index is -2.10. The fourth-order valence-corrected chi connectivity index (χ4v) is 1.01. The third-order valence-corrected chi connectivity index (χ3v) is 1.67. The summed E-state index contributed by atoms with van der Waals surface area (Å²) in [6.45, 7) is 0. The molecule has 0 unspecified atom stereocenters. The summed E-state index contributed by atoms with van der Waals surface area (Å²) in [4.78, 5) is 10.5. The molecule has 1 atom stereocenters. The fourth-order valence-electron chi connectivity index (χ4n) is 1.01. The molecule has 0 bridgehead atoms. The summed E-state index contributed by atoms with van der Waals surface area (Å²) in [5.74, 6) is 0. The lowest BCUT2D eigenvalue weighted by molar-refractivity contribution is 0.100. The highest BCUT2D eigenvalue weighted by molar-refractivity contribution is 5.78. The maximum Gasteiger partial charge on any atom is 0.230 e. The Labute approximate surface area is 75.2 Å². The molecule has 1 rings (SSSR count). The molecule has 0 amide bonds. The number of nitrogens with zero attached hydrogens (tertiary/aromatic N) is 1. The smallest absolute Gasteiger partial charge is 0.230 e. The SMILES string of the molecule is N#C[C@](N)(O)c1ccccc1C=O. The zero-order valence-corrected chi connectivity index (χ0v) is 6.77. The van der Waals surface area contributed by atoms with Gasteiger partial charge in [0.1, 0.15) is 6.07 Å². The summed E-state index contributed by atoms with van der Waals surface area (Å²) in [7, 11) is 0. The minimum absolute atomic E-state index is 0.118. The molecule has 0 aliphatic rings. The van der Waals surface area contributed by atoms with E-state index in [1.54, 1.807) is 12.1 Å². The molecular weight excluding hydrogens is 168 g/mol. The Balaban J connectivity index is 3.30. The number of carbonyl (C=O) groups excluding carboxylic acids is 1. The second kappa shape index (κ2) is 3.35. The molecule has 0 saturated heterocycles. The van der Waals surface area contributed by atoms with Gasteiger partial charge in [0.25, 0.3) is 0 Å². The summed E-state index contributed by atoms with van der Waals surface area (Å²) >= 11 is 0. The highest BCUT2D eigenvalue weighted by Crippen LogP contribution is 2.17. The molecule has 66 valence electrons. The molecule has 0 aromatic heterocycles. The van der Waals surface area contributed by atoms with Crippen LogP contribution in [0.25, 0.3) is 0 Å². The standard InChI is InChI=1S/C9H8N2O2/c10-6-9(11,13)8-4-2-1-3-7(8)5-12/h1-5,13H,11H2/t9-/m0/s1. The second-order valence-corrected chi connectivity index (χ2v) is 2.58. The molecule has 0 radical (unpaired) electrons. The number of nitriles is 1. The molecule has 0 aliphatic heterocycles. The molecule has 0 aliphatic carbocycles. The highest BCUT2D eigenvalue weighted by atomic mass is 16.3. The van der Waals surface area contributed by atoms with Gasteiger partial charge in [-0.15, -0.1) is 0 Å². The van der Waals surface area contributed by atoms with Gasteiger partial charge in [-0.25, -0.2) is 0 Å². The van der Waals surface area contributed by atoms with Crippen LogP contribution in [0.5, 0.6) is 0 Å². The Morgan fingerprint density at radius 3 is 2.69 bits per heavy atom. The number of aliphatic hydroxyl groups is 1. The van der Waals surface area contributed by atoms with Crippen molar-refractivity contribution < 1.29 is 9.90 Å². The number of hydrogen-bond acceptors (Lipinski definition) is 4. The van der Waals surface area contributed by atoms with Crippen molar-refractivity contribution in [1.82, 2.24) is 0 Å². The third-order valence-electron chi connectivity index (χ3n) is 1.67. The monoisotopic (exact) mass is 176 g/mol. The largest absolute Gasteiger partial charge is 0.360 e. The molecule has 1 aromatic carbocycles. The molecule has 4 heteroatoms. The quantitative estimate of drug-likeness (QED) is 0.381. The average Bonchev–Trinajstić information content (AvgIpc) is 2.18. The van der Waals surface area contributed by atoms with Gasteiger partial charge in [-0.1, -0.05) is 24.3 Å². The van der Waals surface area contributed by atoms with E-state index in [1.165, 1.54) is 18.2 Å². The van der Waals surface area contributed by atoms with Crippen LogP contribution >= 0.6 is 0 Å². The Kier molecular flexibility index (Phi) is 2.42. The van der Waals surface area contributed by atoms with Crippen molar-refractivity contribution in [2.45, 2.75) is 5.72 Å². The lowest BCUT2D eigenvalue weighted by atomic mass is 10.00. The third kappa shape index (κ3) is 1.72. The second-order valence-electron chi connectivity index (χ2n) is 2.58. The molecule has 4 nitrogen and oxygen atoms in total. The molecule has 0 spiro atoms. The molecule has 0 fully saturated rings. The van der Waals surface area contributed by atoms with Gasteiger partial charge >= 0.3 is 0 Å². The first kappa shape index (κ1) is 9.39. The van der Waals surface area contributed by atoms with E-state index in [0.717, 1.165) is 0 Å². The van der Waals surface area contributed by atoms with E-state index < -0.39 is 5.72 Å². The fraction of sp³-hybridized carbons (Fsp3) is 0.111. The van der Waals surface area contributed by atoms with Crippen molar-refractivity contribution in [3.8, 4) is 6.07 Å². The zero-order valence-electron chi connectivity index (χ0n) is 6.77. The van der Waals surface area contributed by atoms with E-state index in [-0.39, 0.29) is 11.1 Å². The van der Waals surface area contributed by atoms with Crippen LogP contribution in [-0.2, 0) is 5.72 Å². The number of carbonyl (C=O) groups is 1. The van der Waals surface area contributed by atoms with Gasteiger partial charge in [0.15, 0.2) is 6.29 Å². The maximum atomic E-state index is 10.5. The number of hydrogen-bond donors (Lipinski definition) is 2. The van der Waals surface area contributed by atoms with Crippen LogP contribution in [0.4, 0.5) is 0 Å². The molecular formula is C9H8N2O2. The molecule has 3 N–H and O–H groups in total. The summed E-state index contributed by atoms with van der Waals surface area (Å²) < 4.78 is 0. The van der Waals surface area contributed by atoms with Crippen LogP contribution < -0.4 is 5.73 Å². The Morgan fingerprint density at radius 1 is 1.54 bits per heavy atom. The van der Waals surface area contributed by atoms with Crippen LogP contribution in [0, 0.1) is 11.3 Å². The predicted octanol–water partition coefficient (Wildman–Crippen LogP) is 0.126. The van der Waals surface area contributed by atoms with Crippen molar-refractivity contribution in [2.24, 2.45) is 5.73 Å². The molecule has 1 aromatic rings. The van der Waals surface area contributed by atoms with Crippen LogP contribution in [0.3, 0.4) is 0 Å². The van der Waals surface area contributed by atoms with Gasteiger partial charge in [-0.3, -0.25) is 10.5 Å². The Hall–Kier alpha value is -1.70. The van der Waals surface area contributed by atoms with Crippen LogP contribution in [-0.4, -0.2) is 11.4 Å². The van der Waals surface area contributed by atoms with Crippen molar-refractivity contribution >= 4 is 6.29 Å². The van der Waals surface area contributed by atoms with Crippen molar-refractivity contribution in [2.75, 3.05) is 0 Å². The summed E-state index contributed by atoms with van der Waals surface area (Å²) in [6, 6.07) is 7.65. The van der Waals surface area contributed by atoms with Crippen molar-refractivity contribution in [3.63, 3.8) is 0 Å². The van der Waals surface area contributed by atoms with Crippen molar-refractivity contribution in [1.29, 1.82) is 5.26 Å². The van der Waals surface area contributed by atoms with E-state index >= 15 is 0 Å². The average molecular weight is 176 g/mol. The first-order chi connectivity index (χ1) is 6.11. The van der Waals surface area contributed by atoms with E-state index in [2.05, 4.69) is 0 Å². The van der Waals surface area contributed by atoms with E-state index in [0.29, 0.717) is 6.29 Å². The van der Waals surface area contributed by atoms with Crippen molar-refractivity contribution in [3.05, 3.63) is 35.4 Å². The van der Waals surface area contributed by atoms with E-state index in [9.17, 15) is 9.90 Å². The number of rotatable bonds is 2. The lowest BCUT2D eigenvalue weighted by Crippen LogP contribution is -2.35. The molecule has 13 heavy (non-hydrogen) atoms. The number of nitrogens with two attached hydrogens (primary N) is 1. The van der Waals surface area contributed by atoms with Gasteiger partial charge in [-0.2, -0.15) is 5.26 Å². The molecule has 0 heterocycles. The Morgan fingerprint density at radius 2 is 2.15 bits per heavy atom. The summed E-state index contributed by atoms with van der Waals surface area (Å²) in [6.07, 6.45) is 0.546.